The molecule has 1 heterocycles. The highest BCUT2D eigenvalue weighted by Gasteiger charge is 2.33. The molecule has 3 rings (SSSR count). The van der Waals surface area contributed by atoms with Gasteiger partial charge in [0.1, 0.15) is 0 Å². The van der Waals surface area contributed by atoms with E-state index in [1.165, 1.54) is 0 Å². The maximum absolute atomic E-state index is 12.8. The molecule has 1 aliphatic heterocycles. The summed E-state index contributed by atoms with van der Waals surface area (Å²) >= 11 is 6.44. The van der Waals surface area contributed by atoms with Crippen LogP contribution < -0.4 is 14.9 Å². The Morgan fingerprint density at radius 3 is 2.55 bits per heavy atom. The molecule has 0 bridgehead atoms. The van der Waals surface area contributed by atoms with E-state index >= 15 is 0 Å². The Balaban J connectivity index is 1.78. The summed E-state index contributed by atoms with van der Waals surface area (Å²) in [6, 6.07) is 12.6. The fourth-order valence-electron chi connectivity index (χ4n) is 2.82. The molecule has 2 aromatic rings. The number of amides is 2. The second-order valence-electron chi connectivity index (χ2n) is 7.13. The van der Waals surface area contributed by atoms with Crippen molar-refractivity contribution in [2.45, 2.75) is 33.8 Å². The molecule has 0 aliphatic carbocycles. The van der Waals surface area contributed by atoms with Crippen molar-refractivity contribution in [1.29, 1.82) is 0 Å². The second-order valence-corrected chi connectivity index (χ2v) is 8.81. The van der Waals surface area contributed by atoms with Crippen LogP contribution >= 0.6 is 24.0 Å². The third-order valence-corrected chi connectivity index (χ3v) is 5.55. The number of nitrogens with zero attached hydrogens (tertiary/aromatic N) is 1. The first kappa shape index (κ1) is 22.8. The highest BCUT2D eigenvalue weighted by Crippen LogP contribution is 2.34. The molecule has 2 amide bonds. The van der Waals surface area contributed by atoms with E-state index < -0.39 is 5.91 Å². The van der Waals surface area contributed by atoms with Gasteiger partial charge in [-0.25, -0.2) is 0 Å². The Morgan fingerprint density at radius 1 is 1.19 bits per heavy atom. The van der Waals surface area contributed by atoms with Crippen LogP contribution in [0.5, 0.6) is 11.5 Å². The average Bonchev–Trinajstić information content (AvgIpc) is 2.97. The molecule has 0 radical (unpaired) electrons. The van der Waals surface area contributed by atoms with Gasteiger partial charge >= 0.3 is 0 Å². The summed E-state index contributed by atoms with van der Waals surface area (Å²) in [5.41, 5.74) is 4.85. The highest BCUT2D eigenvalue weighted by atomic mass is 32.2. The topological polar surface area (TPSA) is 67.9 Å². The van der Waals surface area contributed by atoms with Gasteiger partial charge in [0.2, 0.25) is 0 Å². The number of hydrazine groups is 1. The summed E-state index contributed by atoms with van der Waals surface area (Å²) in [6.07, 6.45) is 1.73. The van der Waals surface area contributed by atoms with Crippen LogP contribution in [-0.2, 0) is 4.79 Å². The number of hydrogen-bond donors (Lipinski definition) is 1. The lowest BCUT2D eigenvalue weighted by molar-refractivity contribution is -0.123. The van der Waals surface area contributed by atoms with Gasteiger partial charge in [-0.1, -0.05) is 35.5 Å². The zero-order chi connectivity index (χ0) is 22.5. The molecule has 0 unspecified atom stereocenters. The standard InChI is InChI=1S/C23H24N2O4S2/c1-5-28-19-12-16(8-11-18(19)29-14(2)3)13-20-22(27)25(23(30)31-20)24-21(26)17-9-6-15(4)7-10-17/h6-14H,5H2,1-4H3,(H,24,26)/b20-13-. The van der Waals surface area contributed by atoms with E-state index in [1.807, 2.05) is 58.0 Å². The molecule has 31 heavy (non-hydrogen) atoms. The summed E-state index contributed by atoms with van der Waals surface area (Å²) in [5, 5.41) is 1.10. The minimum Gasteiger partial charge on any atom is -0.490 e. The molecule has 2 aromatic carbocycles. The van der Waals surface area contributed by atoms with Crippen LogP contribution in [0.4, 0.5) is 0 Å². The number of aryl methyl sites for hydroxylation is 1. The van der Waals surface area contributed by atoms with Crippen molar-refractivity contribution in [2.75, 3.05) is 6.61 Å². The summed E-state index contributed by atoms with van der Waals surface area (Å²) in [7, 11) is 0. The maximum Gasteiger partial charge on any atom is 0.285 e. The van der Waals surface area contributed by atoms with Crippen LogP contribution in [0.1, 0.15) is 42.3 Å². The number of benzene rings is 2. The Kier molecular flexibility index (Phi) is 7.35. The normalized spacial score (nSPS) is 15.0. The van der Waals surface area contributed by atoms with Crippen molar-refractivity contribution in [2.24, 2.45) is 0 Å². The van der Waals surface area contributed by atoms with Gasteiger partial charge in [0.05, 0.1) is 17.6 Å². The molecule has 0 aromatic heterocycles. The molecule has 162 valence electrons. The minimum absolute atomic E-state index is 0.0125. The molecule has 1 aliphatic rings. The molecule has 8 heteroatoms. The molecule has 6 nitrogen and oxygen atoms in total. The lowest BCUT2D eigenvalue weighted by Gasteiger charge is -2.16. The average molecular weight is 457 g/mol. The van der Waals surface area contributed by atoms with E-state index in [4.69, 9.17) is 21.7 Å². The molecular formula is C23H24N2O4S2. The van der Waals surface area contributed by atoms with E-state index in [0.29, 0.717) is 28.6 Å². The van der Waals surface area contributed by atoms with Crippen molar-refractivity contribution in [3.05, 3.63) is 64.1 Å². The number of carbonyl (C=O) groups is 2. The minimum atomic E-state index is -0.397. The zero-order valence-corrected chi connectivity index (χ0v) is 19.4. The van der Waals surface area contributed by atoms with E-state index in [0.717, 1.165) is 27.9 Å². The van der Waals surface area contributed by atoms with Crippen LogP contribution in [0.15, 0.2) is 47.4 Å². The van der Waals surface area contributed by atoms with Gasteiger partial charge in [-0.15, -0.1) is 0 Å². The van der Waals surface area contributed by atoms with E-state index in [1.54, 1.807) is 18.2 Å². The fourth-order valence-corrected chi connectivity index (χ4v) is 4.00. The van der Waals surface area contributed by atoms with Crippen LogP contribution in [-0.4, -0.2) is 33.9 Å². The van der Waals surface area contributed by atoms with Gasteiger partial charge in [0.25, 0.3) is 11.8 Å². The van der Waals surface area contributed by atoms with Crippen LogP contribution in [0.3, 0.4) is 0 Å². The van der Waals surface area contributed by atoms with Gasteiger partial charge < -0.3 is 9.47 Å². The predicted octanol–water partition coefficient (Wildman–Crippen LogP) is 4.73. The number of nitrogens with one attached hydrogen (secondary N) is 1. The lowest BCUT2D eigenvalue weighted by Crippen LogP contribution is -2.44. The summed E-state index contributed by atoms with van der Waals surface area (Å²) in [5.74, 6) is 0.474. The van der Waals surface area contributed by atoms with Gasteiger partial charge in [0, 0.05) is 5.56 Å². The van der Waals surface area contributed by atoms with Crippen LogP contribution in [0.25, 0.3) is 6.08 Å². The quantitative estimate of drug-likeness (QED) is 0.480. The number of thiocarbonyl (C=S) groups is 1. The predicted molar refractivity (Wildman–Crippen MR) is 127 cm³/mol. The molecule has 1 saturated heterocycles. The Labute approximate surface area is 191 Å². The van der Waals surface area contributed by atoms with Gasteiger partial charge in [-0.05, 0) is 75.8 Å². The Hall–Kier alpha value is -2.84. The lowest BCUT2D eigenvalue weighted by atomic mass is 10.1. The number of rotatable bonds is 7. The maximum atomic E-state index is 12.8. The third-order valence-electron chi connectivity index (χ3n) is 4.25. The van der Waals surface area contributed by atoms with Crippen LogP contribution in [0.2, 0.25) is 0 Å². The summed E-state index contributed by atoms with van der Waals surface area (Å²) in [6.45, 7) is 8.21. The van der Waals surface area contributed by atoms with E-state index in [-0.39, 0.29) is 16.3 Å². The van der Waals surface area contributed by atoms with Crippen LogP contribution in [0, 0.1) is 6.92 Å². The molecule has 0 saturated carbocycles. The van der Waals surface area contributed by atoms with Crippen molar-refractivity contribution in [3.8, 4) is 11.5 Å². The third kappa shape index (κ3) is 5.65. The molecule has 1 fully saturated rings. The number of thioether (sulfide) groups is 1. The largest absolute Gasteiger partial charge is 0.490 e. The first-order chi connectivity index (χ1) is 14.8. The molecule has 0 atom stereocenters. The van der Waals surface area contributed by atoms with Crippen molar-refractivity contribution < 1.29 is 19.1 Å². The van der Waals surface area contributed by atoms with Crippen molar-refractivity contribution in [3.63, 3.8) is 0 Å². The summed E-state index contributed by atoms with van der Waals surface area (Å²) in [4.78, 5) is 25.7. The first-order valence-corrected chi connectivity index (χ1v) is 11.1. The molecule has 1 N–H and O–H groups in total. The smallest absolute Gasteiger partial charge is 0.285 e. The Bertz CT molecular complexity index is 1030. The molecular weight excluding hydrogens is 432 g/mol. The van der Waals surface area contributed by atoms with E-state index in [9.17, 15) is 9.59 Å². The number of carbonyl (C=O) groups excluding carboxylic acids is 2. The van der Waals surface area contributed by atoms with E-state index in [2.05, 4.69) is 5.43 Å². The van der Waals surface area contributed by atoms with Gasteiger partial charge in [-0.2, -0.15) is 5.01 Å². The second kappa shape index (κ2) is 9.98. The monoisotopic (exact) mass is 456 g/mol. The zero-order valence-electron chi connectivity index (χ0n) is 17.8. The van der Waals surface area contributed by atoms with Crippen molar-refractivity contribution >= 4 is 46.2 Å². The van der Waals surface area contributed by atoms with Crippen molar-refractivity contribution in [1.82, 2.24) is 10.4 Å². The number of hydrogen-bond acceptors (Lipinski definition) is 6. The summed E-state index contributed by atoms with van der Waals surface area (Å²) < 4.78 is 11.7. The molecule has 0 spiro atoms. The Morgan fingerprint density at radius 2 is 1.90 bits per heavy atom. The first-order valence-electron chi connectivity index (χ1n) is 9.87. The van der Waals surface area contributed by atoms with Gasteiger partial charge in [0.15, 0.2) is 15.8 Å². The van der Waals surface area contributed by atoms with Gasteiger partial charge in [-0.3, -0.25) is 15.0 Å². The fraction of sp³-hybridized carbons (Fsp3) is 0.261. The number of ether oxygens (including phenoxy) is 2. The highest BCUT2D eigenvalue weighted by molar-refractivity contribution is 8.26. The SMILES string of the molecule is CCOc1cc(/C=C2\SC(=S)N(NC(=O)c3ccc(C)cc3)C2=O)ccc1OC(C)C.